The van der Waals surface area contributed by atoms with E-state index in [1.165, 1.54) is 12.1 Å². The third kappa shape index (κ3) is 4.30. The van der Waals surface area contributed by atoms with E-state index in [1.54, 1.807) is 22.9 Å². The van der Waals surface area contributed by atoms with Gasteiger partial charge in [-0.2, -0.15) is 5.10 Å². The van der Waals surface area contributed by atoms with E-state index in [4.69, 9.17) is 4.74 Å². The average Bonchev–Trinajstić information content (AvgIpc) is 3.19. The molecule has 0 bridgehead atoms. The van der Waals surface area contributed by atoms with Gasteiger partial charge in [-0.25, -0.2) is 9.07 Å². The highest BCUT2D eigenvalue weighted by atomic mass is 19.1. The van der Waals surface area contributed by atoms with Crippen molar-refractivity contribution >= 4 is 5.91 Å². The van der Waals surface area contributed by atoms with E-state index >= 15 is 0 Å². The maximum atomic E-state index is 13.2. The Bertz CT molecular complexity index is 983. The number of halogens is 1. The zero-order chi connectivity index (χ0) is 20.2. The summed E-state index contributed by atoms with van der Waals surface area (Å²) >= 11 is 0. The molecule has 3 aromatic rings. The highest BCUT2D eigenvalue weighted by molar-refractivity contribution is 5.94. The van der Waals surface area contributed by atoms with Gasteiger partial charge in [0.1, 0.15) is 23.4 Å². The van der Waals surface area contributed by atoms with Crippen LogP contribution >= 0.6 is 0 Å². The third-order valence-corrected chi connectivity index (χ3v) is 4.80. The van der Waals surface area contributed by atoms with Crippen LogP contribution in [0.1, 0.15) is 35.6 Å². The number of aromatic nitrogens is 2. The number of amides is 1. The predicted molar refractivity (Wildman–Crippen MR) is 108 cm³/mol. The van der Waals surface area contributed by atoms with Gasteiger partial charge in [-0.1, -0.05) is 19.1 Å². The van der Waals surface area contributed by atoms with Gasteiger partial charge in [-0.15, -0.1) is 0 Å². The number of nitrogens with zero attached hydrogens (tertiary/aromatic N) is 2. The Kier molecular flexibility index (Phi) is 5.57. The highest BCUT2D eigenvalue weighted by Crippen LogP contribution is 2.23. The molecule has 4 rings (SSSR count). The van der Waals surface area contributed by atoms with Crippen LogP contribution in [0.4, 0.5) is 4.39 Å². The first-order valence-electron chi connectivity index (χ1n) is 9.73. The lowest BCUT2D eigenvalue weighted by Crippen LogP contribution is -2.45. The summed E-state index contributed by atoms with van der Waals surface area (Å²) in [4.78, 5) is 12.3. The summed E-state index contributed by atoms with van der Waals surface area (Å²) in [6, 6.07) is 15.8. The largest absolute Gasteiger partial charge is 0.494 e. The molecule has 1 unspecified atom stereocenters. The van der Waals surface area contributed by atoms with Crippen molar-refractivity contribution in [1.82, 2.24) is 20.4 Å². The van der Waals surface area contributed by atoms with Crippen molar-refractivity contribution in [2.45, 2.75) is 26.1 Å². The summed E-state index contributed by atoms with van der Waals surface area (Å²) in [5.74, 6) is 0.390. The first-order valence-corrected chi connectivity index (χ1v) is 9.73. The summed E-state index contributed by atoms with van der Waals surface area (Å²) in [5.41, 5.74) is 3.00. The van der Waals surface area contributed by atoms with Crippen LogP contribution in [0.15, 0.2) is 54.6 Å². The standard InChI is InChI=1S/C22H23FN4O2/c1-2-11-29-18-9-3-15(4-10-18)13-24-21-14-25-22(28)20-12-19(26-27(20)21)16-5-7-17(23)8-6-16/h3-10,12,21,24H,2,11,13-14H2,1H3,(H,25,28). The van der Waals surface area contributed by atoms with Crippen LogP contribution in [-0.2, 0) is 6.54 Å². The summed E-state index contributed by atoms with van der Waals surface area (Å²) in [5, 5.41) is 10.9. The second-order valence-electron chi connectivity index (χ2n) is 6.97. The summed E-state index contributed by atoms with van der Waals surface area (Å²) in [6.07, 6.45) is 0.802. The van der Waals surface area contributed by atoms with Crippen molar-refractivity contribution in [1.29, 1.82) is 0 Å². The van der Waals surface area contributed by atoms with E-state index in [0.717, 1.165) is 23.3 Å². The van der Waals surface area contributed by atoms with Crippen molar-refractivity contribution in [3.63, 3.8) is 0 Å². The van der Waals surface area contributed by atoms with Gasteiger partial charge in [-0.3, -0.25) is 10.1 Å². The molecule has 0 saturated heterocycles. The summed E-state index contributed by atoms with van der Waals surface area (Å²) < 4.78 is 20.5. The molecular formula is C22H23FN4O2. The molecule has 150 valence electrons. The lowest BCUT2D eigenvalue weighted by molar-refractivity contribution is 0.0900. The number of hydrogen-bond donors (Lipinski definition) is 2. The molecule has 1 aromatic heterocycles. The molecule has 2 N–H and O–H groups in total. The summed E-state index contributed by atoms with van der Waals surface area (Å²) in [6.45, 7) is 3.85. The molecule has 1 atom stereocenters. The molecule has 0 radical (unpaired) electrons. The maximum Gasteiger partial charge on any atom is 0.269 e. The van der Waals surface area contributed by atoms with Gasteiger partial charge in [0.05, 0.1) is 18.8 Å². The van der Waals surface area contributed by atoms with Gasteiger partial charge >= 0.3 is 0 Å². The molecule has 1 aliphatic heterocycles. The smallest absolute Gasteiger partial charge is 0.269 e. The number of carbonyl (C=O) groups excluding carboxylic acids is 1. The van der Waals surface area contributed by atoms with Crippen LogP contribution in [-0.4, -0.2) is 28.8 Å². The Morgan fingerprint density at radius 1 is 1.21 bits per heavy atom. The fraction of sp³-hybridized carbons (Fsp3) is 0.273. The normalized spacial score (nSPS) is 15.7. The van der Waals surface area contributed by atoms with Gasteiger partial charge in [0, 0.05) is 12.1 Å². The zero-order valence-electron chi connectivity index (χ0n) is 16.2. The van der Waals surface area contributed by atoms with Crippen LogP contribution in [0.25, 0.3) is 11.3 Å². The molecule has 0 saturated carbocycles. The topological polar surface area (TPSA) is 68.2 Å². The molecule has 1 amide bonds. The van der Waals surface area contributed by atoms with Crippen LogP contribution in [0, 0.1) is 5.82 Å². The molecule has 6 nitrogen and oxygen atoms in total. The minimum absolute atomic E-state index is 0.165. The second kappa shape index (κ2) is 8.45. The highest BCUT2D eigenvalue weighted by Gasteiger charge is 2.27. The number of carbonyl (C=O) groups is 1. The Morgan fingerprint density at radius 3 is 2.69 bits per heavy atom. The molecule has 0 spiro atoms. The number of ether oxygens (including phenoxy) is 1. The van der Waals surface area contributed by atoms with Crippen molar-refractivity contribution in [2.75, 3.05) is 13.2 Å². The number of rotatable bonds is 7. The van der Waals surface area contributed by atoms with Crippen LogP contribution in [0.3, 0.4) is 0 Å². The molecule has 2 aromatic carbocycles. The quantitative estimate of drug-likeness (QED) is 0.644. The van der Waals surface area contributed by atoms with Gasteiger partial charge in [0.25, 0.3) is 5.91 Å². The van der Waals surface area contributed by atoms with Crippen LogP contribution in [0.2, 0.25) is 0 Å². The maximum absolute atomic E-state index is 13.2. The van der Waals surface area contributed by atoms with Gasteiger partial charge in [-0.05, 0) is 54.4 Å². The van der Waals surface area contributed by atoms with Gasteiger partial charge in [0.2, 0.25) is 0 Å². The molecule has 1 aliphatic rings. The molecule has 7 heteroatoms. The number of benzene rings is 2. The molecule has 2 heterocycles. The van der Waals surface area contributed by atoms with Crippen molar-refractivity contribution in [2.24, 2.45) is 0 Å². The number of nitrogens with one attached hydrogen (secondary N) is 2. The van der Waals surface area contributed by atoms with Gasteiger partial charge in [0.15, 0.2) is 0 Å². The first-order chi connectivity index (χ1) is 14.1. The third-order valence-electron chi connectivity index (χ3n) is 4.80. The molecule has 29 heavy (non-hydrogen) atoms. The molecule has 0 aliphatic carbocycles. The minimum Gasteiger partial charge on any atom is -0.494 e. The average molecular weight is 394 g/mol. The van der Waals surface area contributed by atoms with Crippen molar-refractivity contribution in [3.05, 3.63) is 71.7 Å². The van der Waals surface area contributed by atoms with E-state index in [-0.39, 0.29) is 17.9 Å². The monoisotopic (exact) mass is 394 g/mol. The number of fused-ring (bicyclic) bond motifs is 1. The van der Waals surface area contributed by atoms with Crippen LogP contribution < -0.4 is 15.4 Å². The zero-order valence-corrected chi connectivity index (χ0v) is 16.2. The van der Waals surface area contributed by atoms with E-state index in [2.05, 4.69) is 22.7 Å². The lowest BCUT2D eigenvalue weighted by Gasteiger charge is -2.25. The first kappa shape index (κ1) is 19.1. The molecule has 0 fully saturated rings. The second-order valence-corrected chi connectivity index (χ2v) is 6.97. The van der Waals surface area contributed by atoms with Crippen molar-refractivity contribution in [3.8, 4) is 17.0 Å². The van der Waals surface area contributed by atoms with E-state index in [1.807, 2.05) is 24.3 Å². The summed E-state index contributed by atoms with van der Waals surface area (Å²) in [7, 11) is 0. The fourth-order valence-electron chi connectivity index (χ4n) is 3.25. The minimum atomic E-state index is -0.305. The van der Waals surface area contributed by atoms with E-state index < -0.39 is 0 Å². The van der Waals surface area contributed by atoms with E-state index in [0.29, 0.717) is 31.1 Å². The predicted octanol–water partition coefficient (Wildman–Crippen LogP) is 3.51. The lowest BCUT2D eigenvalue weighted by atomic mass is 10.1. The SMILES string of the molecule is CCCOc1ccc(CNC2CNC(=O)c3cc(-c4ccc(F)cc4)nn32)cc1. The van der Waals surface area contributed by atoms with Crippen molar-refractivity contribution < 1.29 is 13.9 Å². The Balaban J connectivity index is 1.48. The Morgan fingerprint density at radius 2 is 1.97 bits per heavy atom. The molecular weight excluding hydrogens is 371 g/mol. The fourth-order valence-corrected chi connectivity index (χ4v) is 3.25. The Hall–Kier alpha value is -3.19. The van der Waals surface area contributed by atoms with E-state index in [9.17, 15) is 9.18 Å². The Labute approximate surface area is 168 Å². The van der Waals surface area contributed by atoms with Gasteiger partial charge < -0.3 is 10.1 Å². The van der Waals surface area contributed by atoms with Crippen LogP contribution in [0.5, 0.6) is 5.75 Å². The number of hydrogen-bond acceptors (Lipinski definition) is 4.